The molecule has 0 rings (SSSR count). The summed E-state index contributed by atoms with van der Waals surface area (Å²) >= 11 is 0. The van der Waals surface area contributed by atoms with Crippen LogP contribution in [0.15, 0.2) is 15.5 Å². The van der Waals surface area contributed by atoms with Crippen LogP contribution in [0.2, 0.25) is 5.54 Å². The van der Waals surface area contributed by atoms with Crippen LogP contribution < -0.4 is 0 Å². The molecule has 0 saturated heterocycles. The maximum Gasteiger partial charge on any atom is 0.0560 e. The second kappa shape index (κ2) is 17.6. The number of hydrogen-bond acceptors (Lipinski definition) is 6. The van der Waals surface area contributed by atoms with Gasteiger partial charge in [-0.1, -0.05) is 43.2 Å². The highest BCUT2D eigenvalue weighted by molar-refractivity contribution is 6.24. The summed E-state index contributed by atoms with van der Waals surface area (Å²) in [6, 6.07) is 0. The monoisotopic (exact) mass is 305 g/mol. The maximum absolute atomic E-state index is 8.31. The van der Waals surface area contributed by atoms with Gasteiger partial charge in [0.05, 0.1) is 17.1 Å². The number of nitrogens with zero attached hydrogens (tertiary/aromatic N) is 3. The minimum Gasteiger partial charge on any atom is -0.411 e. The molecular formula is C13H31N3O3Si. The Morgan fingerprint density at radius 1 is 0.850 bits per heavy atom. The van der Waals surface area contributed by atoms with Gasteiger partial charge >= 0.3 is 0 Å². The molecule has 3 N–H and O–H groups in total. The molecule has 0 bridgehead atoms. The Bertz CT molecular complexity index is 285. The zero-order valence-corrected chi connectivity index (χ0v) is 15.9. The van der Waals surface area contributed by atoms with E-state index in [9.17, 15) is 0 Å². The smallest absolute Gasteiger partial charge is 0.0560 e. The molecule has 0 fully saturated rings. The normalized spacial score (nSPS) is 13.8. The van der Waals surface area contributed by atoms with Gasteiger partial charge in [-0.3, -0.25) is 0 Å². The summed E-state index contributed by atoms with van der Waals surface area (Å²) in [4.78, 5) is 0. The fraction of sp³-hybridized carbons (Fsp3) is 0.769. The highest BCUT2D eigenvalue weighted by atomic mass is 28.1. The first-order valence-corrected chi connectivity index (χ1v) is 8.05. The topological polar surface area (TPSA) is 97.8 Å². The van der Waals surface area contributed by atoms with Gasteiger partial charge in [-0.2, -0.15) is 0 Å². The molecule has 0 aromatic rings. The Morgan fingerprint density at radius 2 is 1.20 bits per heavy atom. The molecule has 0 aliphatic rings. The lowest BCUT2D eigenvalue weighted by Gasteiger charge is -2.01. The van der Waals surface area contributed by atoms with E-state index in [0.717, 1.165) is 46.6 Å². The molecule has 0 heterocycles. The molecule has 0 amide bonds. The van der Waals surface area contributed by atoms with Crippen LogP contribution in [-0.4, -0.2) is 43.0 Å². The van der Waals surface area contributed by atoms with Gasteiger partial charge in [0.25, 0.3) is 0 Å². The van der Waals surface area contributed by atoms with Gasteiger partial charge in [-0.25, -0.2) is 0 Å². The van der Waals surface area contributed by atoms with Gasteiger partial charge in [-0.15, -0.1) is 0 Å². The van der Waals surface area contributed by atoms with Crippen molar-refractivity contribution in [1.82, 2.24) is 0 Å². The molecule has 0 radical (unpaired) electrons. The van der Waals surface area contributed by atoms with Gasteiger partial charge in [0.15, 0.2) is 0 Å². The highest BCUT2D eigenvalue weighted by Crippen LogP contribution is 2.02. The SMILES string of the molecule is CCC(=NO)C(C)[SiH3].CCC(C)=NO.CCC(C)=NO. The van der Waals surface area contributed by atoms with Gasteiger partial charge in [0.1, 0.15) is 0 Å². The molecule has 120 valence electrons. The van der Waals surface area contributed by atoms with E-state index in [1.165, 1.54) is 0 Å². The first-order chi connectivity index (χ1) is 9.33. The van der Waals surface area contributed by atoms with Crippen molar-refractivity contribution in [3.63, 3.8) is 0 Å². The second-order valence-corrected chi connectivity index (χ2v) is 6.21. The van der Waals surface area contributed by atoms with E-state index in [4.69, 9.17) is 15.6 Å². The fourth-order valence-corrected chi connectivity index (χ4v) is 1.26. The minimum atomic E-state index is 0.519. The molecule has 0 aromatic heterocycles. The summed E-state index contributed by atoms with van der Waals surface area (Å²) in [6.45, 7) is 11.5. The van der Waals surface area contributed by atoms with Crippen molar-refractivity contribution in [1.29, 1.82) is 0 Å². The van der Waals surface area contributed by atoms with Crippen molar-refractivity contribution >= 4 is 27.4 Å². The molecule has 6 nitrogen and oxygen atoms in total. The highest BCUT2D eigenvalue weighted by Gasteiger charge is 2.00. The van der Waals surface area contributed by atoms with E-state index >= 15 is 0 Å². The van der Waals surface area contributed by atoms with Crippen molar-refractivity contribution in [3.05, 3.63) is 0 Å². The maximum atomic E-state index is 8.31. The molecule has 7 heteroatoms. The molecule has 1 atom stereocenters. The zero-order chi connectivity index (χ0) is 16.6. The first kappa shape index (κ1) is 23.7. The third-order valence-electron chi connectivity index (χ3n) is 2.52. The molecule has 20 heavy (non-hydrogen) atoms. The average Bonchev–Trinajstić information content (AvgIpc) is 2.47. The second-order valence-electron chi connectivity index (χ2n) is 4.48. The van der Waals surface area contributed by atoms with E-state index in [0.29, 0.717) is 5.54 Å². The summed E-state index contributed by atoms with van der Waals surface area (Å²) in [7, 11) is 1.08. The summed E-state index contributed by atoms with van der Waals surface area (Å²) in [5, 5.41) is 33.2. The lowest BCUT2D eigenvalue weighted by atomic mass is 10.2. The predicted octanol–water partition coefficient (Wildman–Crippen LogP) is 2.89. The Kier molecular flexibility index (Phi) is 20.9. The van der Waals surface area contributed by atoms with Crippen LogP contribution in [0.25, 0.3) is 0 Å². The Labute approximate surface area is 125 Å². The average molecular weight is 305 g/mol. The van der Waals surface area contributed by atoms with Crippen molar-refractivity contribution < 1.29 is 15.6 Å². The molecule has 0 spiro atoms. The van der Waals surface area contributed by atoms with Crippen LogP contribution in [0, 0.1) is 0 Å². The lowest BCUT2D eigenvalue weighted by molar-refractivity contribution is 0.316. The van der Waals surface area contributed by atoms with Crippen LogP contribution >= 0.6 is 0 Å². The van der Waals surface area contributed by atoms with E-state index in [1.54, 1.807) is 13.8 Å². The van der Waals surface area contributed by atoms with Gasteiger partial charge in [-0.05, 0) is 38.7 Å². The Balaban J connectivity index is -0.000000221. The summed E-state index contributed by atoms with van der Waals surface area (Å²) in [6.07, 6.45) is 2.54. The van der Waals surface area contributed by atoms with Crippen LogP contribution in [0.3, 0.4) is 0 Å². The summed E-state index contributed by atoms with van der Waals surface area (Å²) < 4.78 is 0. The van der Waals surface area contributed by atoms with Crippen molar-refractivity contribution in [2.24, 2.45) is 15.5 Å². The van der Waals surface area contributed by atoms with Gasteiger partial charge < -0.3 is 15.6 Å². The number of hydrogen-bond donors (Lipinski definition) is 3. The summed E-state index contributed by atoms with van der Waals surface area (Å²) in [5.41, 5.74) is 2.99. The van der Waals surface area contributed by atoms with E-state index < -0.39 is 0 Å². The van der Waals surface area contributed by atoms with Crippen LogP contribution in [0.4, 0.5) is 0 Å². The third kappa shape index (κ3) is 19.0. The Morgan fingerprint density at radius 3 is 1.20 bits per heavy atom. The fourth-order valence-electron chi connectivity index (χ4n) is 0.736. The van der Waals surface area contributed by atoms with E-state index in [-0.39, 0.29) is 0 Å². The van der Waals surface area contributed by atoms with Crippen LogP contribution in [-0.2, 0) is 0 Å². The number of oxime groups is 3. The third-order valence-corrected chi connectivity index (χ3v) is 3.19. The zero-order valence-electron chi connectivity index (χ0n) is 13.9. The predicted molar refractivity (Wildman–Crippen MR) is 89.2 cm³/mol. The van der Waals surface area contributed by atoms with E-state index in [2.05, 4.69) is 22.4 Å². The standard InChI is InChI=1S/C5H13NOSi.2C4H9NO/c1-3-5(6-7)4(2)8;2*1-3-4(2)5-6/h4,7H,3H2,1-2,8H3;2*6H,3H2,1-2H3. The number of rotatable bonds is 4. The van der Waals surface area contributed by atoms with Gasteiger partial charge in [0, 0.05) is 10.2 Å². The first-order valence-electron chi connectivity index (χ1n) is 6.90. The van der Waals surface area contributed by atoms with Crippen molar-refractivity contribution in [3.8, 4) is 0 Å². The van der Waals surface area contributed by atoms with Crippen molar-refractivity contribution in [2.75, 3.05) is 0 Å². The molecule has 0 aliphatic heterocycles. The van der Waals surface area contributed by atoms with Crippen LogP contribution in [0.1, 0.15) is 60.8 Å². The Hall–Kier alpha value is -1.37. The minimum absolute atomic E-state index is 0.519. The molecule has 0 saturated carbocycles. The van der Waals surface area contributed by atoms with Gasteiger partial charge in [0.2, 0.25) is 0 Å². The van der Waals surface area contributed by atoms with E-state index in [1.807, 2.05) is 20.8 Å². The van der Waals surface area contributed by atoms with Crippen molar-refractivity contribution in [2.45, 2.75) is 66.3 Å². The molecular weight excluding hydrogens is 274 g/mol. The molecule has 0 aliphatic carbocycles. The molecule has 0 aromatic carbocycles. The summed E-state index contributed by atoms with van der Waals surface area (Å²) in [5.74, 6) is 0. The quantitative estimate of drug-likeness (QED) is 0.322. The lowest BCUT2D eigenvalue weighted by Crippen LogP contribution is -2.02. The van der Waals surface area contributed by atoms with Crippen LogP contribution in [0.5, 0.6) is 0 Å². The molecule has 1 unspecified atom stereocenters. The largest absolute Gasteiger partial charge is 0.411 e.